The van der Waals surface area contributed by atoms with Gasteiger partial charge < -0.3 is 14.7 Å². The number of methoxy groups -OCH3 is 1. The average molecular weight is 331 g/mol. The van der Waals surface area contributed by atoms with Gasteiger partial charge in [-0.3, -0.25) is 0 Å². The first-order valence-corrected chi connectivity index (χ1v) is 8.05. The van der Waals surface area contributed by atoms with Gasteiger partial charge >= 0.3 is 0 Å². The number of rotatable bonds is 4. The molecule has 0 aromatic heterocycles. The Morgan fingerprint density at radius 2 is 1.60 bits per heavy atom. The molecule has 1 unspecified atom stereocenters. The summed E-state index contributed by atoms with van der Waals surface area (Å²) in [6, 6.07) is 19.1. The molecule has 3 nitrogen and oxygen atoms in total. The Morgan fingerprint density at radius 3 is 2.16 bits per heavy atom. The lowest BCUT2D eigenvalue weighted by molar-refractivity contribution is 0.147. The van der Waals surface area contributed by atoms with Gasteiger partial charge in [-0.15, -0.1) is 6.42 Å². The van der Waals surface area contributed by atoms with E-state index in [1.54, 1.807) is 7.11 Å². The van der Waals surface area contributed by atoms with Crippen molar-refractivity contribution >= 4 is 16.5 Å². The van der Waals surface area contributed by atoms with Gasteiger partial charge in [0, 0.05) is 36.3 Å². The Morgan fingerprint density at radius 1 is 0.960 bits per heavy atom. The third-order valence-electron chi connectivity index (χ3n) is 4.50. The first kappa shape index (κ1) is 16.9. The summed E-state index contributed by atoms with van der Waals surface area (Å²) in [4.78, 5) is 2.00. The van der Waals surface area contributed by atoms with E-state index in [1.165, 1.54) is 0 Å². The number of ether oxygens (including phenoxy) is 1. The maximum Gasteiger partial charge on any atom is 0.177 e. The van der Waals surface area contributed by atoms with E-state index in [2.05, 4.69) is 5.92 Å². The highest BCUT2D eigenvalue weighted by Gasteiger charge is 2.31. The number of hydrogen-bond donors (Lipinski definition) is 1. The monoisotopic (exact) mass is 331 g/mol. The predicted molar refractivity (Wildman–Crippen MR) is 103 cm³/mol. The lowest BCUT2D eigenvalue weighted by atomic mass is 9.84. The van der Waals surface area contributed by atoms with Crippen LogP contribution in [-0.2, 0) is 5.60 Å². The minimum Gasteiger partial charge on any atom is -0.496 e. The molecule has 0 aliphatic carbocycles. The van der Waals surface area contributed by atoms with Crippen LogP contribution < -0.4 is 9.64 Å². The summed E-state index contributed by atoms with van der Waals surface area (Å²) in [5.74, 6) is 3.34. The molecule has 0 saturated heterocycles. The van der Waals surface area contributed by atoms with Crippen molar-refractivity contribution in [2.24, 2.45) is 0 Å². The van der Waals surface area contributed by atoms with E-state index in [4.69, 9.17) is 11.2 Å². The molecule has 3 aromatic rings. The van der Waals surface area contributed by atoms with E-state index in [-0.39, 0.29) is 0 Å². The number of hydrogen-bond acceptors (Lipinski definition) is 3. The fraction of sp³-hybridized carbons (Fsp3) is 0.182. The molecule has 3 heteroatoms. The molecule has 0 saturated carbocycles. The molecule has 0 spiro atoms. The molecular weight excluding hydrogens is 310 g/mol. The van der Waals surface area contributed by atoms with Crippen molar-refractivity contribution in [2.75, 3.05) is 26.1 Å². The van der Waals surface area contributed by atoms with E-state index < -0.39 is 5.60 Å². The van der Waals surface area contributed by atoms with Crippen LogP contribution in [0.25, 0.3) is 10.8 Å². The van der Waals surface area contributed by atoms with Crippen LogP contribution in [0, 0.1) is 12.3 Å². The molecule has 0 radical (unpaired) electrons. The van der Waals surface area contributed by atoms with Crippen molar-refractivity contribution in [2.45, 2.75) is 5.60 Å². The molecule has 3 aromatic carbocycles. The van der Waals surface area contributed by atoms with Crippen LogP contribution in [0.3, 0.4) is 0 Å². The number of nitrogens with zero attached hydrogens (tertiary/aromatic N) is 1. The third kappa shape index (κ3) is 2.82. The predicted octanol–water partition coefficient (Wildman–Crippen LogP) is 3.78. The average Bonchev–Trinajstić information content (AvgIpc) is 2.66. The first-order valence-electron chi connectivity index (χ1n) is 8.05. The summed E-state index contributed by atoms with van der Waals surface area (Å²) in [7, 11) is 5.58. The molecule has 1 N–H and O–H groups in total. The SMILES string of the molecule is C#CC(O)(c1ccc(N(C)C)cc1)c1ccc(OC)c2ccccc12. The summed E-state index contributed by atoms with van der Waals surface area (Å²) in [5, 5.41) is 13.2. The van der Waals surface area contributed by atoms with Crippen LogP contribution >= 0.6 is 0 Å². The van der Waals surface area contributed by atoms with E-state index >= 15 is 0 Å². The van der Waals surface area contributed by atoms with E-state index in [9.17, 15) is 5.11 Å². The Bertz CT molecular complexity index is 938. The number of anilines is 1. The Hall–Kier alpha value is -2.96. The van der Waals surface area contributed by atoms with Gasteiger partial charge in [0.25, 0.3) is 0 Å². The highest BCUT2D eigenvalue weighted by Crippen LogP contribution is 2.38. The molecule has 3 rings (SSSR count). The topological polar surface area (TPSA) is 32.7 Å². The molecule has 0 bridgehead atoms. The quantitative estimate of drug-likeness (QED) is 0.739. The van der Waals surface area contributed by atoms with Crippen molar-refractivity contribution < 1.29 is 9.84 Å². The molecule has 126 valence electrons. The minimum absolute atomic E-state index is 0.663. The second-order valence-corrected chi connectivity index (χ2v) is 6.16. The standard InChI is InChI=1S/C22H21NO2/c1-5-22(24,16-10-12-17(13-11-16)23(2)3)20-14-15-21(25-4)19-9-7-6-8-18(19)20/h1,6-15,24H,2-4H3. The van der Waals surface area contributed by atoms with Crippen LogP contribution in [0.2, 0.25) is 0 Å². The highest BCUT2D eigenvalue weighted by molar-refractivity contribution is 5.92. The van der Waals surface area contributed by atoms with Gasteiger partial charge in [-0.25, -0.2) is 0 Å². The second-order valence-electron chi connectivity index (χ2n) is 6.16. The van der Waals surface area contributed by atoms with Crippen molar-refractivity contribution in [3.63, 3.8) is 0 Å². The molecule has 0 amide bonds. The van der Waals surface area contributed by atoms with Gasteiger partial charge in [0.15, 0.2) is 5.60 Å². The molecule has 0 aliphatic rings. The summed E-state index contributed by atoms with van der Waals surface area (Å²) < 4.78 is 5.44. The van der Waals surface area contributed by atoms with Crippen LogP contribution in [0.15, 0.2) is 60.7 Å². The third-order valence-corrected chi connectivity index (χ3v) is 4.50. The molecule has 0 aliphatic heterocycles. The van der Waals surface area contributed by atoms with Gasteiger partial charge in [0.2, 0.25) is 0 Å². The fourth-order valence-corrected chi connectivity index (χ4v) is 3.08. The Labute approximate surface area is 148 Å². The fourth-order valence-electron chi connectivity index (χ4n) is 3.08. The van der Waals surface area contributed by atoms with Gasteiger partial charge in [0.05, 0.1) is 7.11 Å². The summed E-state index contributed by atoms with van der Waals surface area (Å²) in [6.07, 6.45) is 5.79. The number of benzene rings is 3. The molecule has 25 heavy (non-hydrogen) atoms. The number of fused-ring (bicyclic) bond motifs is 1. The van der Waals surface area contributed by atoms with Crippen molar-refractivity contribution in [3.8, 4) is 18.1 Å². The molecular formula is C22H21NO2. The smallest absolute Gasteiger partial charge is 0.177 e. The number of aliphatic hydroxyl groups is 1. The Balaban J connectivity index is 2.21. The van der Waals surface area contributed by atoms with E-state index in [0.717, 1.165) is 22.2 Å². The Kier molecular flexibility index (Phi) is 4.39. The van der Waals surface area contributed by atoms with Crippen molar-refractivity contribution in [1.82, 2.24) is 0 Å². The van der Waals surface area contributed by atoms with Crippen LogP contribution in [0.1, 0.15) is 11.1 Å². The number of terminal acetylenes is 1. The van der Waals surface area contributed by atoms with Crippen molar-refractivity contribution in [3.05, 3.63) is 71.8 Å². The highest BCUT2D eigenvalue weighted by atomic mass is 16.5. The second kappa shape index (κ2) is 6.51. The summed E-state index contributed by atoms with van der Waals surface area (Å²) in [6.45, 7) is 0. The zero-order valence-corrected chi connectivity index (χ0v) is 14.7. The lowest BCUT2D eigenvalue weighted by Crippen LogP contribution is -2.25. The molecule has 1 atom stereocenters. The zero-order valence-electron chi connectivity index (χ0n) is 14.7. The lowest BCUT2D eigenvalue weighted by Gasteiger charge is -2.26. The summed E-state index contributed by atoms with van der Waals surface area (Å²) in [5.41, 5.74) is 0.860. The van der Waals surface area contributed by atoms with Gasteiger partial charge in [-0.05, 0) is 23.6 Å². The van der Waals surface area contributed by atoms with Gasteiger partial charge in [-0.2, -0.15) is 0 Å². The largest absolute Gasteiger partial charge is 0.496 e. The zero-order chi connectivity index (χ0) is 18.0. The maximum absolute atomic E-state index is 11.4. The van der Waals surface area contributed by atoms with Crippen LogP contribution in [0.4, 0.5) is 5.69 Å². The molecule has 0 heterocycles. The van der Waals surface area contributed by atoms with E-state index in [0.29, 0.717) is 11.1 Å². The first-order chi connectivity index (χ1) is 12.0. The van der Waals surface area contributed by atoms with Crippen LogP contribution in [0.5, 0.6) is 5.75 Å². The van der Waals surface area contributed by atoms with Crippen molar-refractivity contribution in [1.29, 1.82) is 0 Å². The van der Waals surface area contributed by atoms with E-state index in [1.807, 2.05) is 79.7 Å². The summed E-state index contributed by atoms with van der Waals surface area (Å²) >= 11 is 0. The van der Waals surface area contributed by atoms with Gasteiger partial charge in [-0.1, -0.05) is 48.4 Å². The minimum atomic E-state index is -1.52. The maximum atomic E-state index is 11.4. The molecule has 0 fully saturated rings. The normalized spacial score (nSPS) is 13.1. The van der Waals surface area contributed by atoms with Crippen LogP contribution in [-0.4, -0.2) is 26.3 Å². The van der Waals surface area contributed by atoms with Gasteiger partial charge in [0.1, 0.15) is 5.75 Å².